The molecule has 2 atom stereocenters. The molecule has 1 saturated heterocycles. The molecule has 1 aliphatic heterocycles. The average Bonchev–Trinajstić information content (AvgIpc) is 2.11. The number of nitrogens with one attached hydrogen (secondary N) is 1. The zero-order valence-corrected chi connectivity index (χ0v) is 11.3. The fourth-order valence-electron chi connectivity index (χ4n) is 2.95. The monoisotopic (exact) mass is 225 g/mol. The van der Waals surface area contributed by atoms with Crippen molar-refractivity contribution >= 4 is 0 Å². The normalized spacial score (nSPS) is 41.1. The Kier molecular flexibility index (Phi) is 3.33. The van der Waals surface area contributed by atoms with Crippen molar-refractivity contribution in [1.82, 2.24) is 5.32 Å². The summed E-state index contributed by atoms with van der Waals surface area (Å²) in [4.78, 5) is 0. The Morgan fingerprint density at radius 1 is 1.25 bits per heavy atom. The number of hydrogen-bond acceptors (Lipinski definition) is 2. The Hall–Kier alpha value is -0.0800. The lowest BCUT2D eigenvalue weighted by atomic mass is 9.76. The van der Waals surface area contributed by atoms with E-state index in [2.05, 4.69) is 33.0 Å². The van der Waals surface area contributed by atoms with Gasteiger partial charge in [-0.05, 0) is 32.1 Å². The molecule has 1 aliphatic carbocycles. The molecule has 0 aromatic carbocycles. The van der Waals surface area contributed by atoms with Crippen LogP contribution in [0.2, 0.25) is 0 Å². The third-order valence-electron chi connectivity index (χ3n) is 4.62. The first kappa shape index (κ1) is 12.4. The quantitative estimate of drug-likeness (QED) is 0.797. The van der Waals surface area contributed by atoms with Gasteiger partial charge in [-0.3, -0.25) is 0 Å². The van der Waals surface area contributed by atoms with Gasteiger partial charge in [0.15, 0.2) is 0 Å². The molecule has 2 heteroatoms. The molecule has 2 nitrogen and oxygen atoms in total. The van der Waals surface area contributed by atoms with Crippen molar-refractivity contribution in [3.63, 3.8) is 0 Å². The van der Waals surface area contributed by atoms with Crippen molar-refractivity contribution in [2.24, 2.45) is 11.8 Å². The first-order valence-electron chi connectivity index (χ1n) is 6.84. The van der Waals surface area contributed by atoms with Gasteiger partial charge >= 0.3 is 0 Å². The van der Waals surface area contributed by atoms with Crippen molar-refractivity contribution in [3.8, 4) is 0 Å². The summed E-state index contributed by atoms with van der Waals surface area (Å²) >= 11 is 0. The molecule has 94 valence electrons. The summed E-state index contributed by atoms with van der Waals surface area (Å²) < 4.78 is 6.47. The van der Waals surface area contributed by atoms with Crippen LogP contribution in [0.4, 0.5) is 0 Å². The van der Waals surface area contributed by atoms with Gasteiger partial charge in [0.25, 0.3) is 0 Å². The van der Waals surface area contributed by atoms with E-state index < -0.39 is 0 Å². The minimum Gasteiger partial charge on any atom is -0.366 e. The predicted octanol–water partition coefficient (Wildman–Crippen LogP) is 2.97. The smallest absolute Gasteiger partial charge is 0.0809 e. The number of hydrogen-bond donors (Lipinski definition) is 1. The minimum absolute atomic E-state index is 0.0107. The number of morpholine rings is 1. The van der Waals surface area contributed by atoms with Crippen molar-refractivity contribution < 1.29 is 4.74 Å². The average molecular weight is 225 g/mol. The fraction of sp³-hybridized carbons (Fsp3) is 1.00. The van der Waals surface area contributed by atoms with Gasteiger partial charge in [0.05, 0.1) is 11.2 Å². The molecule has 2 fully saturated rings. The minimum atomic E-state index is 0.0107. The van der Waals surface area contributed by atoms with E-state index in [1.54, 1.807) is 0 Å². The van der Waals surface area contributed by atoms with Crippen molar-refractivity contribution in [2.75, 3.05) is 13.1 Å². The van der Waals surface area contributed by atoms with Crippen LogP contribution in [0.25, 0.3) is 0 Å². The lowest BCUT2D eigenvalue weighted by Gasteiger charge is -2.49. The topological polar surface area (TPSA) is 21.3 Å². The summed E-state index contributed by atoms with van der Waals surface area (Å²) in [7, 11) is 0. The van der Waals surface area contributed by atoms with Gasteiger partial charge in [-0.15, -0.1) is 0 Å². The molecule has 0 amide bonds. The maximum Gasteiger partial charge on any atom is 0.0809 e. The van der Waals surface area contributed by atoms with Crippen LogP contribution in [-0.4, -0.2) is 24.3 Å². The SMILES string of the molecule is CC(C)C1(C)CNCC(C)(CC2CCC2)O1. The van der Waals surface area contributed by atoms with E-state index in [9.17, 15) is 0 Å². The molecule has 1 heterocycles. The maximum atomic E-state index is 6.47. The number of rotatable bonds is 3. The van der Waals surface area contributed by atoms with Crippen LogP contribution in [0, 0.1) is 11.8 Å². The van der Waals surface area contributed by atoms with Crippen LogP contribution < -0.4 is 5.32 Å². The second-order valence-corrected chi connectivity index (χ2v) is 6.62. The molecule has 2 aliphatic rings. The van der Waals surface area contributed by atoms with Gasteiger partial charge in [-0.1, -0.05) is 33.1 Å². The van der Waals surface area contributed by atoms with Gasteiger partial charge in [-0.25, -0.2) is 0 Å². The third kappa shape index (κ3) is 2.43. The molecule has 0 aromatic rings. The van der Waals surface area contributed by atoms with E-state index in [0.29, 0.717) is 5.92 Å². The molecule has 0 bridgehead atoms. The summed E-state index contributed by atoms with van der Waals surface area (Å²) in [5.41, 5.74) is 0.0686. The lowest BCUT2D eigenvalue weighted by Crippen LogP contribution is -2.60. The van der Waals surface area contributed by atoms with Crippen molar-refractivity contribution in [3.05, 3.63) is 0 Å². The first-order chi connectivity index (χ1) is 7.44. The summed E-state index contributed by atoms with van der Waals surface area (Å²) in [5.74, 6) is 1.49. The standard InChI is InChI=1S/C14H27NO/c1-11(2)14(4)10-15-9-13(3,16-14)8-12-6-5-7-12/h11-12,15H,5-10H2,1-4H3. The molecule has 0 radical (unpaired) electrons. The number of ether oxygens (including phenoxy) is 1. The van der Waals surface area contributed by atoms with Crippen molar-refractivity contribution in [1.29, 1.82) is 0 Å². The highest BCUT2D eigenvalue weighted by Crippen LogP contribution is 2.39. The maximum absolute atomic E-state index is 6.47. The largest absolute Gasteiger partial charge is 0.366 e. The van der Waals surface area contributed by atoms with E-state index in [-0.39, 0.29) is 11.2 Å². The van der Waals surface area contributed by atoms with Gasteiger partial charge in [0.2, 0.25) is 0 Å². The molecular formula is C14H27NO. The van der Waals surface area contributed by atoms with E-state index in [1.165, 1.54) is 25.7 Å². The van der Waals surface area contributed by atoms with E-state index >= 15 is 0 Å². The Morgan fingerprint density at radius 2 is 1.94 bits per heavy atom. The van der Waals surface area contributed by atoms with Crippen LogP contribution in [0.5, 0.6) is 0 Å². The van der Waals surface area contributed by atoms with Crippen LogP contribution in [-0.2, 0) is 4.74 Å². The highest BCUT2D eigenvalue weighted by atomic mass is 16.5. The molecule has 2 unspecified atom stereocenters. The van der Waals surface area contributed by atoms with Crippen LogP contribution in [0.3, 0.4) is 0 Å². The van der Waals surface area contributed by atoms with Crippen LogP contribution in [0.15, 0.2) is 0 Å². The molecular weight excluding hydrogens is 198 g/mol. The van der Waals surface area contributed by atoms with E-state index in [0.717, 1.165) is 19.0 Å². The highest BCUT2D eigenvalue weighted by molar-refractivity contribution is 4.95. The van der Waals surface area contributed by atoms with Crippen LogP contribution in [0.1, 0.15) is 53.4 Å². The van der Waals surface area contributed by atoms with Gasteiger partial charge in [-0.2, -0.15) is 0 Å². The van der Waals surface area contributed by atoms with Gasteiger partial charge < -0.3 is 10.1 Å². The zero-order chi connectivity index (χ0) is 11.8. The zero-order valence-electron chi connectivity index (χ0n) is 11.3. The fourth-order valence-corrected chi connectivity index (χ4v) is 2.95. The second kappa shape index (κ2) is 4.30. The molecule has 0 spiro atoms. The summed E-state index contributed by atoms with van der Waals surface area (Å²) in [6.45, 7) is 11.1. The molecule has 1 N–H and O–H groups in total. The Labute approximate surface area is 100 Å². The van der Waals surface area contributed by atoms with Gasteiger partial charge in [0, 0.05) is 13.1 Å². The molecule has 2 rings (SSSR count). The third-order valence-corrected chi connectivity index (χ3v) is 4.62. The molecule has 1 saturated carbocycles. The Morgan fingerprint density at radius 3 is 2.44 bits per heavy atom. The first-order valence-corrected chi connectivity index (χ1v) is 6.84. The lowest BCUT2D eigenvalue weighted by molar-refractivity contribution is -0.190. The van der Waals surface area contributed by atoms with Crippen molar-refractivity contribution in [2.45, 2.75) is 64.6 Å². The summed E-state index contributed by atoms with van der Waals surface area (Å²) in [6, 6.07) is 0. The van der Waals surface area contributed by atoms with Gasteiger partial charge in [0.1, 0.15) is 0 Å². The second-order valence-electron chi connectivity index (χ2n) is 6.62. The Bertz CT molecular complexity index is 249. The predicted molar refractivity (Wildman–Crippen MR) is 67.6 cm³/mol. The van der Waals surface area contributed by atoms with E-state index in [4.69, 9.17) is 4.74 Å². The summed E-state index contributed by atoms with van der Waals surface area (Å²) in [5, 5.41) is 3.58. The van der Waals surface area contributed by atoms with E-state index in [1.807, 2.05) is 0 Å². The summed E-state index contributed by atoms with van der Waals surface area (Å²) in [6.07, 6.45) is 5.49. The highest BCUT2D eigenvalue weighted by Gasteiger charge is 2.43. The Balaban J connectivity index is 1.98. The molecule has 16 heavy (non-hydrogen) atoms. The van der Waals surface area contributed by atoms with Crippen LogP contribution >= 0.6 is 0 Å². The molecule has 0 aromatic heterocycles.